The Labute approximate surface area is 168 Å². The van der Waals surface area contributed by atoms with Gasteiger partial charge >= 0.3 is 0 Å². The predicted octanol–water partition coefficient (Wildman–Crippen LogP) is 2.95. The number of hydrogen-bond acceptors (Lipinski definition) is 4. The molecule has 28 heavy (non-hydrogen) atoms. The molecule has 146 valence electrons. The van der Waals surface area contributed by atoms with Gasteiger partial charge in [0.05, 0.1) is 6.54 Å². The summed E-state index contributed by atoms with van der Waals surface area (Å²) >= 11 is 5.88. The molecule has 2 aromatic rings. The van der Waals surface area contributed by atoms with Gasteiger partial charge in [-0.1, -0.05) is 29.8 Å². The minimum Gasteiger partial charge on any atom is -0.492 e. The van der Waals surface area contributed by atoms with E-state index in [0.717, 1.165) is 5.56 Å². The molecule has 0 unspecified atom stereocenters. The van der Waals surface area contributed by atoms with Crippen LogP contribution < -0.4 is 15.2 Å². The standard InChI is InChI=1S/C21H21ClN2O4/c1-21-12-16(15-4-2-3-5-17(15)28-21)18(19(23)25)20(26)24(21)10-11-27-14-8-6-13(22)7-9-14/h2-9,16,18H,10-12H2,1H3,(H2,23,25)/t16-,18+,21-/m0/s1. The van der Waals surface area contributed by atoms with Crippen LogP contribution >= 0.6 is 11.6 Å². The van der Waals surface area contributed by atoms with E-state index in [1.807, 2.05) is 31.2 Å². The van der Waals surface area contributed by atoms with Crippen molar-refractivity contribution < 1.29 is 19.1 Å². The maximum Gasteiger partial charge on any atom is 0.238 e. The van der Waals surface area contributed by atoms with Crippen LogP contribution in [0.15, 0.2) is 48.5 Å². The summed E-state index contributed by atoms with van der Waals surface area (Å²) in [4.78, 5) is 26.9. The van der Waals surface area contributed by atoms with Crippen molar-refractivity contribution in [3.8, 4) is 11.5 Å². The number of piperidine rings is 1. The Morgan fingerprint density at radius 3 is 2.71 bits per heavy atom. The van der Waals surface area contributed by atoms with Crippen molar-refractivity contribution in [2.75, 3.05) is 13.2 Å². The zero-order valence-corrected chi connectivity index (χ0v) is 16.2. The SMILES string of the molecule is C[C@@]12C[C@@H](c3ccccc3O1)[C@H](C(N)=O)C(=O)N2CCOc1ccc(Cl)cc1. The molecule has 0 spiro atoms. The topological polar surface area (TPSA) is 81.9 Å². The van der Waals surface area contributed by atoms with Crippen LogP contribution in [-0.2, 0) is 9.59 Å². The number of carbonyl (C=O) groups excluding carboxylic acids is 2. The molecular formula is C21H21ClN2O4. The summed E-state index contributed by atoms with van der Waals surface area (Å²) in [6.45, 7) is 2.40. The fraction of sp³-hybridized carbons (Fsp3) is 0.333. The first kappa shape index (κ1) is 18.6. The summed E-state index contributed by atoms with van der Waals surface area (Å²) in [5.74, 6) is -0.790. The Kier molecular flexibility index (Phi) is 4.67. The molecule has 2 heterocycles. The van der Waals surface area contributed by atoms with Gasteiger partial charge in [0.2, 0.25) is 11.8 Å². The summed E-state index contributed by atoms with van der Waals surface area (Å²) < 4.78 is 11.9. The van der Waals surface area contributed by atoms with Crippen LogP contribution in [0.2, 0.25) is 5.02 Å². The number of nitrogens with two attached hydrogens (primary N) is 1. The van der Waals surface area contributed by atoms with E-state index in [-0.39, 0.29) is 25.0 Å². The summed E-state index contributed by atoms with van der Waals surface area (Å²) in [6, 6.07) is 14.5. The monoisotopic (exact) mass is 400 g/mol. The Morgan fingerprint density at radius 2 is 2.00 bits per heavy atom. The molecule has 2 aliphatic heterocycles. The van der Waals surface area contributed by atoms with E-state index in [4.69, 9.17) is 26.8 Å². The number of benzene rings is 2. The molecule has 4 rings (SSSR count). The lowest BCUT2D eigenvalue weighted by molar-refractivity contribution is -0.176. The number of para-hydroxylation sites is 1. The number of ether oxygens (including phenoxy) is 2. The smallest absolute Gasteiger partial charge is 0.238 e. The Morgan fingerprint density at radius 1 is 1.29 bits per heavy atom. The number of halogens is 1. The normalized spacial score (nSPS) is 25.6. The second-order valence-electron chi connectivity index (χ2n) is 7.30. The van der Waals surface area contributed by atoms with E-state index in [2.05, 4.69) is 0 Å². The second-order valence-corrected chi connectivity index (χ2v) is 7.73. The molecule has 1 saturated heterocycles. The lowest BCUT2D eigenvalue weighted by atomic mass is 9.73. The number of carbonyl (C=O) groups is 2. The van der Waals surface area contributed by atoms with Crippen molar-refractivity contribution in [3.05, 3.63) is 59.1 Å². The quantitative estimate of drug-likeness (QED) is 0.782. The van der Waals surface area contributed by atoms with Gasteiger partial charge in [0, 0.05) is 17.4 Å². The molecule has 0 aliphatic carbocycles. The summed E-state index contributed by atoms with van der Waals surface area (Å²) in [7, 11) is 0. The lowest BCUT2D eigenvalue weighted by Crippen LogP contribution is -2.65. The van der Waals surface area contributed by atoms with Crippen molar-refractivity contribution in [1.29, 1.82) is 0 Å². The number of hydrogen-bond donors (Lipinski definition) is 1. The number of rotatable bonds is 5. The molecule has 6 nitrogen and oxygen atoms in total. The van der Waals surface area contributed by atoms with Crippen molar-refractivity contribution in [2.24, 2.45) is 11.7 Å². The fourth-order valence-corrected chi connectivity index (χ4v) is 4.29. The highest BCUT2D eigenvalue weighted by molar-refractivity contribution is 6.30. The molecule has 1 fully saturated rings. The second kappa shape index (κ2) is 7.02. The van der Waals surface area contributed by atoms with Crippen LogP contribution in [0, 0.1) is 5.92 Å². The van der Waals surface area contributed by atoms with Gasteiger partial charge in [0.25, 0.3) is 0 Å². The molecule has 2 aromatic carbocycles. The highest BCUT2D eigenvalue weighted by atomic mass is 35.5. The molecule has 0 aromatic heterocycles. The van der Waals surface area contributed by atoms with Crippen LogP contribution in [0.1, 0.15) is 24.8 Å². The lowest BCUT2D eigenvalue weighted by Gasteiger charge is -2.52. The Bertz CT molecular complexity index is 917. The summed E-state index contributed by atoms with van der Waals surface area (Å²) in [5.41, 5.74) is 5.62. The van der Waals surface area contributed by atoms with Crippen LogP contribution in [0.25, 0.3) is 0 Å². The summed E-state index contributed by atoms with van der Waals surface area (Å²) in [5, 5.41) is 0.621. The molecule has 0 saturated carbocycles. The zero-order valence-electron chi connectivity index (χ0n) is 15.4. The average molecular weight is 401 g/mol. The van der Waals surface area contributed by atoms with E-state index in [1.54, 1.807) is 29.2 Å². The fourth-order valence-electron chi connectivity index (χ4n) is 4.16. The van der Waals surface area contributed by atoms with Gasteiger partial charge in [-0.3, -0.25) is 9.59 Å². The van der Waals surface area contributed by atoms with Gasteiger partial charge in [-0.15, -0.1) is 0 Å². The number of fused-ring (bicyclic) bond motifs is 4. The summed E-state index contributed by atoms with van der Waals surface area (Å²) in [6.07, 6.45) is 0.504. The molecule has 3 atom stereocenters. The van der Waals surface area contributed by atoms with Crippen molar-refractivity contribution >= 4 is 23.4 Å². The van der Waals surface area contributed by atoms with Crippen LogP contribution in [-0.4, -0.2) is 35.6 Å². The molecular weight excluding hydrogens is 380 g/mol. The number of amides is 2. The maximum atomic E-state index is 13.2. The first-order chi connectivity index (χ1) is 13.4. The minimum atomic E-state index is -0.909. The van der Waals surface area contributed by atoms with Crippen molar-refractivity contribution in [3.63, 3.8) is 0 Å². The van der Waals surface area contributed by atoms with Gasteiger partial charge < -0.3 is 20.1 Å². The van der Waals surface area contributed by atoms with Gasteiger partial charge in [0.1, 0.15) is 24.0 Å². The predicted molar refractivity (Wildman–Crippen MR) is 104 cm³/mol. The van der Waals surface area contributed by atoms with E-state index < -0.39 is 17.6 Å². The molecule has 2 N–H and O–H groups in total. The molecule has 7 heteroatoms. The van der Waals surface area contributed by atoms with Crippen molar-refractivity contribution in [1.82, 2.24) is 4.90 Å². The maximum absolute atomic E-state index is 13.2. The Balaban J connectivity index is 1.58. The van der Waals surface area contributed by atoms with E-state index in [0.29, 0.717) is 22.9 Å². The van der Waals surface area contributed by atoms with E-state index in [1.165, 1.54) is 0 Å². The molecule has 2 amide bonds. The third kappa shape index (κ3) is 3.18. The van der Waals surface area contributed by atoms with Gasteiger partial charge in [0.15, 0.2) is 5.72 Å². The minimum absolute atomic E-state index is 0.254. The van der Waals surface area contributed by atoms with Gasteiger partial charge in [-0.05, 0) is 42.8 Å². The third-order valence-corrected chi connectivity index (χ3v) is 5.71. The van der Waals surface area contributed by atoms with Crippen molar-refractivity contribution in [2.45, 2.75) is 25.0 Å². The average Bonchev–Trinajstić information content (AvgIpc) is 2.65. The molecule has 2 aliphatic rings. The zero-order chi connectivity index (χ0) is 19.9. The van der Waals surface area contributed by atoms with Crippen LogP contribution in [0.3, 0.4) is 0 Å². The Hall–Kier alpha value is -2.73. The number of likely N-dealkylation sites (tertiary alicyclic amines) is 1. The first-order valence-electron chi connectivity index (χ1n) is 9.16. The van der Waals surface area contributed by atoms with Gasteiger partial charge in [-0.25, -0.2) is 0 Å². The van der Waals surface area contributed by atoms with E-state index >= 15 is 0 Å². The highest BCUT2D eigenvalue weighted by Crippen LogP contribution is 2.49. The molecule has 2 bridgehead atoms. The van der Waals surface area contributed by atoms with Gasteiger partial charge in [-0.2, -0.15) is 0 Å². The third-order valence-electron chi connectivity index (χ3n) is 5.46. The van der Waals surface area contributed by atoms with Crippen LogP contribution in [0.4, 0.5) is 0 Å². The largest absolute Gasteiger partial charge is 0.492 e. The molecule has 0 radical (unpaired) electrons. The number of primary amides is 1. The van der Waals surface area contributed by atoms with E-state index in [9.17, 15) is 9.59 Å². The number of nitrogens with zero attached hydrogens (tertiary/aromatic N) is 1. The van der Waals surface area contributed by atoms with Crippen LogP contribution in [0.5, 0.6) is 11.5 Å². The highest BCUT2D eigenvalue weighted by Gasteiger charge is 2.55. The first-order valence-corrected chi connectivity index (χ1v) is 9.54.